The number of halogens is 2. The van der Waals surface area contributed by atoms with Crippen molar-refractivity contribution in [3.05, 3.63) is 52.6 Å². The van der Waals surface area contributed by atoms with Gasteiger partial charge in [0.25, 0.3) is 0 Å². The number of hydrogen-bond acceptors (Lipinski definition) is 3. The van der Waals surface area contributed by atoms with Gasteiger partial charge in [0.1, 0.15) is 0 Å². The van der Waals surface area contributed by atoms with E-state index in [0.29, 0.717) is 6.54 Å². The highest BCUT2D eigenvalue weighted by Gasteiger charge is 2.18. The van der Waals surface area contributed by atoms with Crippen molar-refractivity contribution in [3.63, 3.8) is 0 Å². The molecule has 0 aliphatic carbocycles. The first kappa shape index (κ1) is 29.0. The monoisotopic (exact) mass is 548 g/mol. The Bertz CT molecular complexity index is 982. The minimum absolute atomic E-state index is 0. The Morgan fingerprint density at radius 2 is 1.50 bits per heavy atom. The van der Waals surface area contributed by atoms with Crippen LogP contribution >= 0.6 is 28.3 Å². The quantitative estimate of drug-likeness (QED) is 0.152. The Morgan fingerprint density at radius 1 is 0.853 bits per heavy atom. The molecule has 0 fully saturated rings. The van der Waals surface area contributed by atoms with Crippen molar-refractivity contribution in [2.45, 2.75) is 84.2 Å². The van der Waals surface area contributed by atoms with Crippen molar-refractivity contribution >= 4 is 50.0 Å². The molecule has 0 aliphatic rings. The summed E-state index contributed by atoms with van der Waals surface area (Å²) in [6.07, 6.45) is 14.1. The van der Waals surface area contributed by atoms with E-state index in [-0.39, 0.29) is 12.4 Å². The molecule has 0 saturated heterocycles. The van der Waals surface area contributed by atoms with Crippen LogP contribution in [0.5, 0.6) is 0 Å². The summed E-state index contributed by atoms with van der Waals surface area (Å²) >= 11 is 3.60. The molecule has 188 valence electrons. The van der Waals surface area contributed by atoms with Crippen molar-refractivity contribution in [3.8, 4) is 0 Å². The Kier molecular flexibility index (Phi) is 13.4. The molecule has 1 unspecified atom stereocenters. The van der Waals surface area contributed by atoms with Crippen LogP contribution in [0.4, 0.5) is 0 Å². The molecule has 5 heteroatoms. The minimum Gasteiger partial charge on any atom is -0.387 e. The summed E-state index contributed by atoms with van der Waals surface area (Å²) < 4.78 is 1.06. The van der Waals surface area contributed by atoms with Crippen LogP contribution < -0.4 is 0 Å². The normalized spacial score (nSPS) is 12.4. The molecular formula is C29H42BrClN2O. The number of nitrogens with zero attached hydrogens (tertiary/aromatic N) is 2. The molecule has 0 amide bonds. The van der Waals surface area contributed by atoms with Crippen molar-refractivity contribution in [1.82, 2.24) is 9.88 Å². The third kappa shape index (κ3) is 8.48. The van der Waals surface area contributed by atoms with Crippen LogP contribution in [0.25, 0.3) is 21.7 Å². The number of aliphatic hydroxyl groups excluding tert-OH is 1. The van der Waals surface area contributed by atoms with Gasteiger partial charge in [-0.15, -0.1) is 12.4 Å². The van der Waals surface area contributed by atoms with Gasteiger partial charge in [-0.25, -0.2) is 0 Å². The number of aromatic nitrogens is 1. The summed E-state index contributed by atoms with van der Waals surface area (Å²) in [6.45, 7) is 7.34. The maximum absolute atomic E-state index is 11.4. The van der Waals surface area contributed by atoms with Gasteiger partial charge in [0.15, 0.2) is 0 Å². The topological polar surface area (TPSA) is 36.4 Å². The fourth-order valence-corrected chi connectivity index (χ4v) is 5.11. The second-order valence-corrected chi connectivity index (χ2v) is 10.3. The first-order chi connectivity index (χ1) is 16.1. The highest BCUT2D eigenvalue weighted by Crippen LogP contribution is 2.32. The Labute approximate surface area is 220 Å². The number of unbranched alkanes of at least 4 members (excludes halogenated alkanes) is 8. The molecule has 1 heterocycles. The van der Waals surface area contributed by atoms with Crippen LogP contribution in [0.1, 0.15) is 89.7 Å². The largest absolute Gasteiger partial charge is 0.387 e. The van der Waals surface area contributed by atoms with Crippen LogP contribution in [-0.2, 0) is 0 Å². The SMILES string of the molecule is CCCCCCCN(CCCCCCC)CC(O)c1cc2ccc(Br)cc2c2cccnc12.Cl. The Morgan fingerprint density at radius 3 is 2.15 bits per heavy atom. The number of pyridine rings is 1. The van der Waals surface area contributed by atoms with E-state index in [1.54, 1.807) is 0 Å². The van der Waals surface area contributed by atoms with Gasteiger partial charge in [-0.1, -0.05) is 93.3 Å². The molecule has 2 aromatic carbocycles. The smallest absolute Gasteiger partial charge is 0.0938 e. The molecule has 0 saturated carbocycles. The van der Waals surface area contributed by atoms with Gasteiger partial charge in [0, 0.05) is 28.2 Å². The highest BCUT2D eigenvalue weighted by atomic mass is 79.9. The van der Waals surface area contributed by atoms with Crippen LogP contribution in [0, 0.1) is 0 Å². The van der Waals surface area contributed by atoms with Crippen LogP contribution in [0.3, 0.4) is 0 Å². The van der Waals surface area contributed by atoms with Crippen molar-refractivity contribution in [2.24, 2.45) is 0 Å². The molecule has 1 N–H and O–H groups in total. The zero-order valence-corrected chi connectivity index (χ0v) is 23.3. The van der Waals surface area contributed by atoms with Gasteiger partial charge in [0.2, 0.25) is 0 Å². The zero-order valence-electron chi connectivity index (χ0n) is 20.9. The van der Waals surface area contributed by atoms with E-state index in [1.165, 1.54) is 69.6 Å². The van der Waals surface area contributed by atoms with E-state index in [9.17, 15) is 5.11 Å². The van der Waals surface area contributed by atoms with Crippen LogP contribution in [-0.4, -0.2) is 34.6 Å². The molecule has 0 bridgehead atoms. The van der Waals surface area contributed by atoms with E-state index in [2.05, 4.69) is 70.0 Å². The predicted molar refractivity (Wildman–Crippen MR) is 153 cm³/mol. The summed E-state index contributed by atoms with van der Waals surface area (Å²) in [7, 11) is 0. The standard InChI is InChI=1S/C29H41BrN2O.ClH/c1-3-5-7-9-11-18-32(19-12-10-8-6-4-2)22-28(33)27-20-23-15-16-24(30)21-26(23)25-14-13-17-31-29(25)27;/h13-17,20-21,28,33H,3-12,18-19,22H2,1-2H3;1H. The van der Waals surface area contributed by atoms with Gasteiger partial charge in [0.05, 0.1) is 11.6 Å². The average Bonchev–Trinajstić information content (AvgIpc) is 2.83. The number of hydrogen-bond donors (Lipinski definition) is 1. The first-order valence-corrected chi connectivity index (χ1v) is 13.8. The summed E-state index contributed by atoms with van der Waals surface area (Å²) in [6, 6.07) is 12.6. The fourth-order valence-electron chi connectivity index (χ4n) is 4.75. The zero-order chi connectivity index (χ0) is 23.5. The van der Waals surface area contributed by atoms with Gasteiger partial charge in [-0.3, -0.25) is 4.98 Å². The first-order valence-electron chi connectivity index (χ1n) is 13.0. The van der Waals surface area contributed by atoms with Gasteiger partial charge < -0.3 is 10.0 Å². The lowest BCUT2D eigenvalue weighted by atomic mass is 9.97. The third-order valence-corrected chi connectivity index (χ3v) is 7.14. The molecule has 1 aromatic heterocycles. The molecular weight excluding hydrogens is 508 g/mol. The Hall–Kier alpha value is -1.20. The van der Waals surface area contributed by atoms with Crippen LogP contribution in [0.2, 0.25) is 0 Å². The molecule has 0 spiro atoms. The minimum atomic E-state index is -0.540. The van der Waals surface area contributed by atoms with E-state index >= 15 is 0 Å². The molecule has 3 nitrogen and oxygen atoms in total. The summed E-state index contributed by atoms with van der Waals surface area (Å²) in [4.78, 5) is 7.18. The van der Waals surface area contributed by atoms with Crippen molar-refractivity contribution in [1.29, 1.82) is 0 Å². The second kappa shape index (κ2) is 15.7. The van der Waals surface area contributed by atoms with Gasteiger partial charge in [-0.2, -0.15) is 0 Å². The van der Waals surface area contributed by atoms with Gasteiger partial charge in [-0.05, 0) is 61.0 Å². The number of aliphatic hydroxyl groups is 1. The molecule has 0 aliphatic heterocycles. The van der Waals surface area contributed by atoms with Crippen molar-refractivity contribution < 1.29 is 5.11 Å². The van der Waals surface area contributed by atoms with E-state index in [0.717, 1.165) is 39.4 Å². The maximum atomic E-state index is 11.4. The number of benzene rings is 2. The molecule has 1 atom stereocenters. The lowest BCUT2D eigenvalue weighted by Crippen LogP contribution is -2.31. The van der Waals surface area contributed by atoms with Gasteiger partial charge >= 0.3 is 0 Å². The third-order valence-electron chi connectivity index (χ3n) is 6.64. The van der Waals surface area contributed by atoms with E-state index in [1.807, 2.05) is 12.3 Å². The Balaban J connectivity index is 0.00000408. The molecule has 3 rings (SSSR count). The summed E-state index contributed by atoms with van der Waals surface area (Å²) in [5, 5.41) is 14.8. The maximum Gasteiger partial charge on any atom is 0.0938 e. The summed E-state index contributed by atoms with van der Waals surface area (Å²) in [5.41, 5.74) is 1.86. The number of rotatable bonds is 15. The molecule has 3 aromatic rings. The molecule has 0 radical (unpaired) electrons. The van der Waals surface area contributed by atoms with E-state index in [4.69, 9.17) is 0 Å². The average molecular weight is 550 g/mol. The lowest BCUT2D eigenvalue weighted by Gasteiger charge is -2.26. The second-order valence-electron chi connectivity index (χ2n) is 9.38. The van der Waals surface area contributed by atoms with Crippen LogP contribution in [0.15, 0.2) is 47.1 Å². The highest BCUT2D eigenvalue weighted by molar-refractivity contribution is 9.10. The lowest BCUT2D eigenvalue weighted by molar-refractivity contribution is 0.111. The van der Waals surface area contributed by atoms with E-state index < -0.39 is 6.10 Å². The fraction of sp³-hybridized carbons (Fsp3) is 0.552. The predicted octanol–water partition coefficient (Wildman–Crippen LogP) is 8.85. The van der Waals surface area contributed by atoms with Crippen molar-refractivity contribution in [2.75, 3.05) is 19.6 Å². The number of fused-ring (bicyclic) bond motifs is 3. The summed E-state index contributed by atoms with van der Waals surface area (Å²) in [5.74, 6) is 0. The molecule has 34 heavy (non-hydrogen) atoms.